The minimum atomic E-state index is -0.214. The Morgan fingerprint density at radius 2 is 2.00 bits per heavy atom. The quantitative estimate of drug-likeness (QED) is 0.846. The molecular formula is C16H20N4O. The van der Waals surface area contributed by atoms with Crippen LogP contribution in [-0.2, 0) is 4.79 Å². The first kappa shape index (κ1) is 13.7. The lowest BCUT2D eigenvalue weighted by molar-refractivity contribution is -0.122. The largest absolute Gasteiger partial charge is 0.369 e. The highest BCUT2D eigenvalue weighted by Gasteiger charge is 2.44. The van der Waals surface area contributed by atoms with Gasteiger partial charge in [-0.15, -0.1) is 0 Å². The van der Waals surface area contributed by atoms with Crippen molar-refractivity contribution in [3.05, 3.63) is 30.3 Å². The molecule has 21 heavy (non-hydrogen) atoms. The standard InChI is InChI=1S/C16H20N4O/c17-11-19-8-6-12(10-19)15-14(16(18)21)7-9-20(15)13-4-2-1-3-5-13/h1-5,12,14-15H,6-10H2,(H2,18,21)/t12-,14?,15?/m1/s1. The van der Waals surface area contributed by atoms with Crippen molar-refractivity contribution in [2.24, 2.45) is 17.6 Å². The van der Waals surface area contributed by atoms with Crippen LogP contribution in [0.1, 0.15) is 12.8 Å². The number of rotatable bonds is 3. The van der Waals surface area contributed by atoms with Crippen LogP contribution < -0.4 is 10.6 Å². The van der Waals surface area contributed by atoms with E-state index in [1.165, 1.54) is 0 Å². The van der Waals surface area contributed by atoms with Crippen LogP contribution in [0.4, 0.5) is 5.69 Å². The molecule has 5 nitrogen and oxygen atoms in total. The molecule has 0 aromatic heterocycles. The minimum Gasteiger partial charge on any atom is -0.369 e. The van der Waals surface area contributed by atoms with E-state index in [1.54, 1.807) is 4.90 Å². The third-order valence-corrected chi connectivity index (χ3v) is 4.76. The molecule has 5 heteroatoms. The summed E-state index contributed by atoms with van der Waals surface area (Å²) in [6.07, 6.45) is 3.97. The van der Waals surface area contributed by atoms with Gasteiger partial charge in [0.05, 0.1) is 5.92 Å². The summed E-state index contributed by atoms with van der Waals surface area (Å²) in [5, 5.41) is 9.06. The van der Waals surface area contributed by atoms with Crippen LogP contribution in [0, 0.1) is 23.3 Å². The topological polar surface area (TPSA) is 73.4 Å². The number of nitrogens with zero attached hydrogens (tertiary/aromatic N) is 3. The van der Waals surface area contributed by atoms with E-state index in [4.69, 9.17) is 11.0 Å². The van der Waals surface area contributed by atoms with Gasteiger partial charge in [-0.25, -0.2) is 0 Å². The smallest absolute Gasteiger partial charge is 0.222 e. The maximum atomic E-state index is 11.8. The van der Waals surface area contributed by atoms with E-state index >= 15 is 0 Å². The summed E-state index contributed by atoms with van der Waals surface area (Å²) < 4.78 is 0. The van der Waals surface area contributed by atoms with E-state index in [2.05, 4.69) is 23.2 Å². The average molecular weight is 284 g/mol. The Morgan fingerprint density at radius 3 is 2.62 bits per heavy atom. The number of primary amides is 1. The van der Waals surface area contributed by atoms with Gasteiger partial charge in [0.15, 0.2) is 6.19 Å². The summed E-state index contributed by atoms with van der Waals surface area (Å²) >= 11 is 0. The molecule has 2 saturated heterocycles. The zero-order valence-electron chi connectivity index (χ0n) is 12.0. The lowest BCUT2D eigenvalue weighted by Gasteiger charge is -2.33. The Bertz CT molecular complexity index is 553. The number of carbonyl (C=O) groups excluding carboxylic acids is 1. The normalized spacial score (nSPS) is 28.6. The fourth-order valence-corrected chi connectivity index (χ4v) is 3.79. The molecule has 0 bridgehead atoms. The van der Waals surface area contributed by atoms with Gasteiger partial charge in [-0.3, -0.25) is 4.79 Å². The Labute approximate surface area is 124 Å². The second kappa shape index (κ2) is 5.65. The SMILES string of the molecule is N#CN1CC[C@@H](C2C(C(N)=O)CCN2c2ccccc2)C1. The van der Waals surface area contributed by atoms with Gasteiger partial charge in [-0.05, 0) is 25.0 Å². The number of anilines is 1. The summed E-state index contributed by atoms with van der Waals surface area (Å²) in [5.74, 6) is -0.00690. The van der Waals surface area contributed by atoms with Gasteiger partial charge in [0.1, 0.15) is 0 Å². The van der Waals surface area contributed by atoms with Gasteiger partial charge >= 0.3 is 0 Å². The van der Waals surface area contributed by atoms with Gasteiger partial charge < -0.3 is 15.5 Å². The lowest BCUT2D eigenvalue weighted by atomic mass is 9.87. The van der Waals surface area contributed by atoms with E-state index < -0.39 is 0 Å². The van der Waals surface area contributed by atoms with Gasteiger partial charge in [0.25, 0.3) is 0 Å². The second-order valence-corrected chi connectivity index (χ2v) is 5.91. The van der Waals surface area contributed by atoms with Crippen LogP contribution in [0.25, 0.3) is 0 Å². The van der Waals surface area contributed by atoms with E-state index in [0.29, 0.717) is 5.92 Å². The van der Waals surface area contributed by atoms with Gasteiger partial charge in [-0.1, -0.05) is 18.2 Å². The first-order valence-corrected chi connectivity index (χ1v) is 7.46. The van der Waals surface area contributed by atoms with Crippen molar-refractivity contribution < 1.29 is 4.79 Å². The maximum absolute atomic E-state index is 11.8. The molecule has 2 heterocycles. The number of nitriles is 1. The fourth-order valence-electron chi connectivity index (χ4n) is 3.79. The zero-order chi connectivity index (χ0) is 14.8. The van der Waals surface area contributed by atoms with Crippen LogP contribution in [0.5, 0.6) is 0 Å². The molecule has 2 aliphatic heterocycles. The summed E-state index contributed by atoms with van der Waals surface area (Å²) in [4.78, 5) is 15.9. The predicted molar refractivity (Wildman–Crippen MR) is 80.2 cm³/mol. The molecule has 0 radical (unpaired) electrons. The van der Waals surface area contributed by atoms with Crippen molar-refractivity contribution in [3.63, 3.8) is 0 Å². The number of amides is 1. The van der Waals surface area contributed by atoms with Crippen molar-refractivity contribution in [2.45, 2.75) is 18.9 Å². The van der Waals surface area contributed by atoms with Crippen molar-refractivity contribution >= 4 is 11.6 Å². The minimum absolute atomic E-state index is 0.114. The number of likely N-dealkylation sites (tertiary alicyclic amines) is 1. The third-order valence-electron chi connectivity index (χ3n) is 4.76. The Hall–Kier alpha value is -2.22. The Morgan fingerprint density at radius 1 is 1.24 bits per heavy atom. The van der Waals surface area contributed by atoms with Crippen molar-refractivity contribution in [1.82, 2.24) is 4.90 Å². The van der Waals surface area contributed by atoms with Gasteiger partial charge in [0.2, 0.25) is 5.91 Å². The summed E-state index contributed by atoms with van der Waals surface area (Å²) in [6.45, 7) is 2.37. The Balaban J connectivity index is 1.87. The van der Waals surface area contributed by atoms with E-state index in [1.807, 2.05) is 18.2 Å². The van der Waals surface area contributed by atoms with Gasteiger partial charge in [0, 0.05) is 37.3 Å². The van der Waals surface area contributed by atoms with Crippen molar-refractivity contribution in [1.29, 1.82) is 5.26 Å². The molecule has 0 aliphatic carbocycles. The van der Waals surface area contributed by atoms with Crippen LogP contribution in [-0.4, -0.2) is 36.5 Å². The van der Waals surface area contributed by atoms with Crippen LogP contribution in [0.3, 0.4) is 0 Å². The number of benzene rings is 1. The van der Waals surface area contributed by atoms with Crippen molar-refractivity contribution in [2.75, 3.05) is 24.5 Å². The maximum Gasteiger partial charge on any atom is 0.222 e. The highest BCUT2D eigenvalue weighted by Crippen LogP contribution is 2.37. The molecule has 3 rings (SSSR count). The van der Waals surface area contributed by atoms with Gasteiger partial charge in [-0.2, -0.15) is 5.26 Å². The Kier molecular flexibility index (Phi) is 3.70. The van der Waals surface area contributed by atoms with Crippen LogP contribution >= 0.6 is 0 Å². The highest BCUT2D eigenvalue weighted by atomic mass is 16.1. The predicted octanol–water partition coefficient (Wildman–Crippen LogP) is 1.17. The number of nitrogens with two attached hydrogens (primary N) is 1. The molecule has 2 fully saturated rings. The molecule has 2 N–H and O–H groups in total. The highest BCUT2D eigenvalue weighted by molar-refractivity contribution is 5.79. The lowest BCUT2D eigenvalue weighted by Crippen LogP contribution is -2.44. The molecule has 2 unspecified atom stereocenters. The van der Waals surface area contributed by atoms with E-state index in [0.717, 1.165) is 38.2 Å². The average Bonchev–Trinajstić information content (AvgIpc) is 3.14. The van der Waals surface area contributed by atoms with Crippen LogP contribution in [0.2, 0.25) is 0 Å². The molecule has 110 valence electrons. The number of hydrogen-bond donors (Lipinski definition) is 1. The number of carbonyl (C=O) groups is 1. The molecule has 1 aromatic rings. The third kappa shape index (κ3) is 2.54. The monoisotopic (exact) mass is 284 g/mol. The summed E-state index contributed by atoms with van der Waals surface area (Å²) in [7, 11) is 0. The van der Waals surface area contributed by atoms with E-state index in [9.17, 15) is 4.79 Å². The van der Waals surface area contributed by atoms with E-state index in [-0.39, 0.29) is 17.9 Å². The first-order valence-electron chi connectivity index (χ1n) is 7.46. The molecule has 3 atom stereocenters. The molecule has 0 saturated carbocycles. The zero-order valence-corrected chi connectivity index (χ0v) is 12.0. The molecule has 1 aromatic carbocycles. The molecule has 0 spiro atoms. The second-order valence-electron chi connectivity index (χ2n) is 5.91. The molecular weight excluding hydrogens is 264 g/mol. The number of hydrogen-bond acceptors (Lipinski definition) is 4. The number of para-hydroxylation sites is 1. The summed E-state index contributed by atoms with van der Waals surface area (Å²) in [5.41, 5.74) is 6.76. The molecule has 1 amide bonds. The summed E-state index contributed by atoms with van der Waals surface area (Å²) in [6, 6.07) is 10.3. The van der Waals surface area contributed by atoms with Crippen molar-refractivity contribution in [3.8, 4) is 6.19 Å². The fraction of sp³-hybridized carbons (Fsp3) is 0.500. The van der Waals surface area contributed by atoms with Crippen LogP contribution in [0.15, 0.2) is 30.3 Å². The first-order chi connectivity index (χ1) is 10.2. The molecule has 2 aliphatic rings.